The molecular formula is C10H16N2O4S6. The molecule has 2 heterocycles. The number of hydrogen-bond acceptors (Lipinski definition) is 8. The van der Waals surface area contributed by atoms with Crippen molar-refractivity contribution in [3.05, 3.63) is 0 Å². The summed E-state index contributed by atoms with van der Waals surface area (Å²) in [6.07, 6.45) is 1.13. The number of thiocarbonyl (C=S) groups is 2. The van der Waals surface area contributed by atoms with E-state index >= 15 is 0 Å². The van der Waals surface area contributed by atoms with Crippen molar-refractivity contribution < 1.29 is 16.8 Å². The minimum Gasteiger partial charge on any atom is -0.367 e. The predicted octanol–water partition coefficient (Wildman–Crippen LogP) is 0.491. The van der Waals surface area contributed by atoms with Gasteiger partial charge in [-0.25, -0.2) is 16.8 Å². The van der Waals surface area contributed by atoms with Gasteiger partial charge in [-0.1, -0.05) is 24.4 Å². The summed E-state index contributed by atoms with van der Waals surface area (Å²) in [5, 5.41) is 6.02. The molecule has 0 amide bonds. The van der Waals surface area contributed by atoms with Crippen molar-refractivity contribution in [2.45, 2.75) is 24.9 Å². The molecule has 2 fully saturated rings. The summed E-state index contributed by atoms with van der Waals surface area (Å²) >= 11 is 10.3. The summed E-state index contributed by atoms with van der Waals surface area (Å²) in [6, 6.07) is -0.265. The van der Waals surface area contributed by atoms with Crippen molar-refractivity contribution in [1.29, 1.82) is 0 Å². The summed E-state index contributed by atoms with van der Waals surface area (Å²) in [4.78, 5) is 0. The maximum atomic E-state index is 11.4. The smallest absolute Gasteiger partial charge is 0.152 e. The molecular weight excluding hydrogens is 405 g/mol. The van der Waals surface area contributed by atoms with E-state index in [1.807, 2.05) is 0 Å². The van der Waals surface area contributed by atoms with Gasteiger partial charge in [-0.05, 0) is 34.4 Å². The van der Waals surface area contributed by atoms with E-state index in [1.54, 1.807) is 0 Å². The average molecular weight is 421 g/mol. The zero-order valence-electron chi connectivity index (χ0n) is 11.5. The molecule has 0 aromatic carbocycles. The van der Waals surface area contributed by atoms with Crippen molar-refractivity contribution in [3.63, 3.8) is 0 Å². The Morgan fingerprint density at radius 3 is 1.45 bits per heavy atom. The average Bonchev–Trinajstić information content (AvgIpc) is 2.89. The van der Waals surface area contributed by atoms with Gasteiger partial charge in [0.1, 0.15) is 8.64 Å². The van der Waals surface area contributed by atoms with Crippen LogP contribution in [0.25, 0.3) is 0 Å². The third-order valence-corrected chi connectivity index (χ3v) is 10.1. The Hall–Kier alpha value is 0.380. The summed E-state index contributed by atoms with van der Waals surface area (Å²) in [7, 11) is -3.38. The van der Waals surface area contributed by atoms with Crippen LogP contribution in [0.2, 0.25) is 0 Å². The summed E-state index contributed by atoms with van der Waals surface area (Å²) in [5.41, 5.74) is 0. The monoisotopic (exact) mass is 420 g/mol. The van der Waals surface area contributed by atoms with Gasteiger partial charge in [0.05, 0.1) is 23.0 Å². The Kier molecular flexibility index (Phi) is 6.39. The first kappa shape index (κ1) is 18.7. The number of hydrogen-bond donors (Lipinski definition) is 2. The van der Waals surface area contributed by atoms with E-state index in [1.165, 1.54) is 21.6 Å². The normalized spacial score (nSPS) is 29.1. The lowest BCUT2D eigenvalue weighted by Gasteiger charge is -2.14. The van der Waals surface area contributed by atoms with Crippen LogP contribution in [0.1, 0.15) is 12.8 Å². The number of rotatable bonds is 2. The van der Waals surface area contributed by atoms with Gasteiger partial charge in [-0.15, -0.1) is 0 Å². The van der Waals surface area contributed by atoms with Crippen LogP contribution in [0.15, 0.2) is 0 Å². The third kappa shape index (κ3) is 6.11. The van der Waals surface area contributed by atoms with Gasteiger partial charge < -0.3 is 10.6 Å². The summed E-state index contributed by atoms with van der Waals surface area (Å²) in [6.45, 7) is 0. The van der Waals surface area contributed by atoms with Crippen LogP contribution in [0.5, 0.6) is 0 Å². The van der Waals surface area contributed by atoms with E-state index in [2.05, 4.69) is 10.6 Å². The van der Waals surface area contributed by atoms with Gasteiger partial charge in [-0.2, -0.15) is 0 Å². The van der Waals surface area contributed by atoms with E-state index in [-0.39, 0.29) is 35.1 Å². The van der Waals surface area contributed by atoms with Gasteiger partial charge in [0.25, 0.3) is 0 Å². The van der Waals surface area contributed by atoms with E-state index in [9.17, 15) is 16.8 Å². The molecule has 2 N–H and O–H groups in total. The first-order chi connectivity index (χ1) is 10.2. The van der Waals surface area contributed by atoms with Crippen LogP contribution in [0.4, 0.5) is 0 Å². The molecule has 0 radical (unpaired) electrons. The molecule has 2 aliphatic rings. The molecule has 0 saturated carbocycles. The molecule has 12 heteroatoms. The summed E-state index contributed by atoms with van der Waals surface area (Å²) in [5.74, 6) is 0.615. The lowest BCUT2D eigenvalue weighted by atomic mass is 10.3. The van der Waals surface area contributed by atoms with Crippen molar-refractivity contribution in [1.82, 2.24) is 10.6 Å². The maximum absolute atomic E-state index is 11.4. The van der Waals surface area contributed by atoms with Gasteiger partial charge in [-0.3, -0.25) is 0 Å². The van der Waals surface area contributed by atoms with Crippen molar-refractivity contribution in [3.8, 4) is 0 Å². The van der Waals surface area contributed by atoms with Gasteiger partial charge >= 0.3 is 0 Å². The van der Waals surface area contributed by atoms with Crippen LogP contribution in [0.3, 0.4) is 0 Å². The van der Waals surface area contributed by atoms with Crippen LogP contribution < -0.4 is 10.6 Å². The minimum atomic E-state index is -2.93. The molecule has 0 unspecified atom stereocenters. The Labute approximate surface area is 149 Å². The number of sulfone groups is 2. The Balaban J connectivity index is 1.67. The van der Waals surface area contributed by atoms with Crippen molar-refractivity contribution in [2.24, 2.45) is 0 Å². The molecule has 0 spiro atoms. The largest absolute Gasteiger partial charge is 0.367 e. The highest BCUT2D eigenvalue weighted by Gasteiger charge is 2.29. The van der Waals surface area contributed by atoms with E-state index in [4.69, 9.17) is 24.4 Å². The fourth-order valence-electron chi connectivity index (χ4n) is 2.27. The van der Waals surface area contributed by atoms with Crippen molar-refractivity contribution >= 4 is 74.3 Å². The minimum absolute atomic E-state index is 0.112. The molecule has 2 aliphatic heterocycles. The second-order valence-corrected chi connectivity index (χ2v) is 13.2. The Morgan fingerprint density at radius 1 is 0.818 bits per heavy atom. The van der Waals surface area contributed by atoms with Gasteiger partial charge in [0.2, 0.25) is 0 Å². The van der Waals surface area contributed by atoms with E-state index < -0.39 is 19.7 Å². The maximum Gasteiger partial charge on any atom is 0.152 e. The highest BCUT2D eigenvalue weighted by atomic mass is 33.1. The highest BCUT2D eigenvalue weighted by Crippen LogP contribution is 2.25. The first-order valence-electron chi connectivity index (χ1n) is 6.51. The first-order valence-corrected chi connectivity index (χ1v) is 13.1. The molecule has 126 valence electrons. The molecule has 2 saturated heterocycles. The number of nitrogens with one attached hydrogen (secondary N) is 2. The molecule has 0 aromatic heterocycles. The van der Waals surface area contributed by atoms with Crippen molar-refractivity contribution in [2.75, 3.05) is 23.0 Å². The third-order valence-electron chi connectivity index (χ3n) is 3.30. The Bertz CT molecular complexity index is 601. The molecule has 0 bridgehead atoms. The standard InChI is InChI=1S/C10H16N2O4S6/c13-21(14)3-1-7(5-21)11-9(17)19-20-10(18)12-8-2-4-22(15,16)6-8/h7-8H,1-6H2,(H,11,17)(H,12,18)/t7-,8-/m0/s1. The fourth-order valence-corrected chi connectivity index (χ4v) is 7.89. The molecule has 0 aliphatic carbocycles. The van der Waals surface area contributed by atoms with E-state index in [0.29, 0.717) is 21.5 Å². The highest BCUT2D eigenvalue weighted by molar-refractivity contribution is 8.89. The molecule has 0 aromatic rings. The quantitative estimate of drug-likeness (QED) is 0.486. The zero-order valence-corrected chi connectivity index (χ0v) is 16.4. The SMILES string of the molecule is O=S1(=O)CC[C@H](NC(=S)SSC(=S)N[C@H]2CCS(=O)(=O)C2)C1. The molecule has 22 heavy (non-hydrogen) atoms. The van der Waals surface area contributed by atoms with Gasteiger partial charge in [0.15, 0.2) is 19.7 Å². The topological polar surface area (TPSA) is 92.3 Å². The fraction of sp³-hybridized carbons (Fsp3) is 0.800. The molecule has 6 nitrogen and oxygen atoms in total. The van der Waals surface area contributed by atoms with Crippen LogP contribution in [0, 0.1) is 0 Å². The zero-order chi connectivity index (χ0) is 16.4. The second kappa shape index (κ2) is 7.51. The predicted molar refractivity (Wildman–Crippen MR) is 101 cm³/mol. The second-order valence-electron chi connectivity index (χ2n) is 5.23. The lowest BCUT2D eigenvalue weighted by Crippen LogP contribution is -2.34. The molecule has 2 rings (SSSR count). The van der Waals surface area contributed by atoms with Gasteiger partial charge in [0, 0.05) is 12.1 Å². The van der Waals surface area contributed by atoms with Crippen LogP contribution >= 0.6 is 46.0 Å². The van der Waals surface area contributed by atoms with Crippen LogP contribution in [-0.4, -0.2) is 60.6 Å². The molecule has 2 atom stereocenters. The summed E-state index contributed by atoms with van der Waals surface area (Å²) < 4.78 is 46.4. The van der Waals surface area contributed by atoms with E-state index in [0.717, 1.165) is 0 Å². The Morgan fingerprint density at radius 2 is 1.18 bits per heavy atom. The lowest BCUT2D eigenvalue weighted by molar-refractivity contribution is 0.598. The van der Waals surface area contributed by atoms with Crippen LogP contribution in [-0.2, 0) is 19.7 Å².